The molecule has 2 heteroatoms. The first-order valence-electron chi connectivity index (χ1n) is 5.60. The summed E-state index contributed by atoms with van der Waals surface area (Å²) >= 11 is 0. The van der Waals surface area contributed by atoms with Crippen molar-refractivity contribution in [3.63, 3.8) is 0 Å². The Bertz CT molecular complexity index is 157. The van der Waals surface area contributed by atoms with Gasteiger partial charge in [0.2, 0.25) is 0 Å². The highest BCUT2D eigenvalue weighted by Crippen LogP contribution is 2.22. The van der Waals surface area contributed by atoms with Gasteiger partial charge in [0, 0.05) is 0 Å². The van der Waals surface area contributed by atoms with Gasteiger partial charge < -0.3 is 10.2 Å². The van der Waals surface area contributed by atoms with Crippen LogP contribution in [0.2, 0.25) is 0 Å². The molecule has 0 fully saturated rings. The minimum atomic E-state index is -0.752. The van der Waals surface area contributed by atoms with Crippen LogP contribution in [0.25, 0.3) is 0 Å². The van der Waals surface area contributed by atoms with Crippen LogP contribution in [-0.4, -0.2) is 21.4 Å². The van der Waals surface area contributed by atoms with E-state index in [9.17, 15) is 10.2 Å². The van der Waals surface area contributed by atoms with E-state index in [1.54, 1.807) is 12.2 Å². The van der Waals surface area contributed by atoms with Crippen molar-refractivity contribution >= 4 is 0 Å². The van der Waals surface area contributed by atoms with E-state index >= 15 is 0 Å². The molecule has 0 aliphatic rings. The standard InChI is InChI=1S/C12H24O2/c1-5-11(13,6-2)9-10-12(14,7-3)8-4/h9-10,13-14H,5-8H2,1-4H3. The fraction of sp³-hybridized carbons (Fsp3) is 0.833. The van der Waals surface area contributed by atoms with Crippen LogP contribution in [0.3, 0.4) is 0 Å². The minimum Gasteiger partial charge on any atom is -0.386 e. The Morgan fingerprint density at radius 1 is 0.714 bits per heavy atom. The van der Waals surface area contributed by atoms with Crippen LogP contribution in [-0.2, 0) is 0 Å². The predicted octanol–water partition coefficient (Wildman–Crippen LogP) is 2.64. The number of aliphatic hydroxyl groups is 2. The molecule has 0 rings (SSSR count). The predicted molar refractivity (Wildman–Crippen MR) is 60.2 cm³/mol. The molecule has 84 valence electrons. The van der Waals surface area contributed by atoms with Crippen LogP contribution < -0.4 is 0 Å². The first kappa shape index (κ1) is 13.7. The summed E-state index contributed by atoms with van der Waals surface area (Å²) in [6.07, 6.45) is 6.24. The number of hydrogen-bond donors (Lipinski definition) is 2. The van der Waals surface area contributed by atoms with Crippen molar-refractivity contribution in [2.75, 3.05) is 0 Å². The molecule has 0 aliphatic heterocycles. The van der Waals surface area contributed by atoms with Crippen LogP contribution in [0.1, 0.15) is 53.4 Å². The molecular formula is C12H24O2. The maximum atomic E-state index is 9.99. The Balaban J connectivity index is 4.54. The zero-order chi connectivity index (χ0) is 11.2. The van der Waals surface area contributed by atoms with E-state index in [-0.39, 0.29) is 0 Å². The molecule has 14 heavy (non-hydrogen) atoms. The van der Waals surface area contributed by atoms with Gasteiger partial charge in [0.05, 0.1) is 11.2 Å². The summed E-state index contributed by atoms with van der Waals surface area (Å²) in [6.45, 7) is 7.80. The van der Waals surface area contributed by atoms with Crippen molar-refractivity contribution in [2.45, 2.75) is 64.6 Å². The minimum absolute atomic E-state index is 0.684. The van der Waals surface area contributed by atoms with E-state index in [4.69, 9.17) is 0 Å². The summed E-state index contributed by atoms with van der Waals surface area (Å²) in [5.74, 6) is 0. The summed E-state index contributed by atoms with van der Waals surface area (Å²) < 4.78 is 0. The molecule has 0 atom stereocenters. The molecule has 0 heterocycles. The summed E-state index contributed by atoms with van der Waals surface area (Å²) in [4.78, 5) is 0. The molecule has 0 unspecified atom stereocenters. The molecule has 2 nitrogen and oxygen atoms in total. The molecule has 2 N–H and O–H groups in total. The third kappa shape index (κ3) is 3.81. The highest BCUT2D eigenvalue weighted by atomic mass is 16.3. The average molecular weight is 200 g/mol. The lowest BCUT2D eigenvalue weighted by Crippen LogP contribution is -2.28. The smallest absolute Gasteiger partial charge is 0.0823 e. The Morgan fingerprint density at radius 3 is 1.07 bits per heavy atom. The topological polar surface area (TPSA) is 40.5 Å². The Hall–Kier alpha value is -0.340. The summed E-state index contributed by atoms with van der Waals surface area (Å²) in [6, 6.07) is 0. The molecule has 0 bridgehead atoms. The van der Waals surface area contributed by atoms with Crippen LogP contribution in [0.5, 0.6) is 0 Å². The second-order valence-electron chi connectivity index (χ2n) is 3.95. The van der Waals surface area contributed by atoms with Gasteiger partial charge in [-0.1, -0.05) is 39.8 Å². The second-order valence-corrected chi connectivity index (χ2v) is 3.95. The van der Waals surface area contributed by atoms with Crippen molar-refractivity contribution in [1.29, 1.82) is 0 Å². The average Bonchev–Trinajstić information content (AvgIpc) is 2.25. The van der Waals surface area contributed by atoms with Gasteiger partial charge in [-0.15, -0.1) is 0 Å². The Kier molecular flexibility index (Phi) is 5.38. The summed E-state index contributed by atoms with van der Waals surface area (Å²) in [5.41, 5.74) is -1.50. The third-order valence-corrected chi connectivity index (χ3v) is 3.15. The molecule has 0 aromatic carbocycles. The largest absolute Gasteiger partial charge is 0.386 e. The van der Waals surface area contributed by atoms with Crippen LogP contribution in [0.4, 0.5) is 0 Å². The summed E-state index contributed by atoms with van der Waals surface area (Å²) in [5, 5.41) is 20.0. The van der Waals surface area contributed by atoms with E-state index in [1.165, 1.54) is 0 Å². The van der Waals surface area contributed by atoms with Crippen molar-refractivity contribution in [2.24, 2.45) is 0 Å². The van der Waals surface area contributed by atoms with Gasteiger partial charge in [-0.05, 0) is 25.7 Å². The molecule has 0 amide bonds. The van der Waals surface area contributed by atoms with Crippen LogP contribution in [0.15, 0.2) is 12.2 Å². The molecule has 0 saturated carbocycles. The lowest BCUT2D eigenvalue weighted by atomic mass is 9.91. The lowest BCUT2D eigenvalue weighted by Gasteiger charge is -2.25. The monoisotopic (exact) mass is 200 g/mol. The van der Waals surface area contributed by atoms with E-state index in [0.29, 0.717) is 25.7 Å². The van der Waals surface area contributed by atoms with E-state index in [0.717, 1.165) is 0 Å². The second kappa shape index (κ2) is 5.52. The lowest BCUT2D eigenvalue weighted by molar-refractivity contribution is 0.0648. The van der Waals surface area contributed by atoms with Crippen LogP contribution in [0, 0.1) is 0 Å². The molecule has 0 spiro atoms. The van der Waals surface area contributed by atoms with E-state index < -0.39 is 11.2 Å². The molecule has 0 aliphatic carbocycles. The first-order chi connectivity index (χ1) is 6.45. The molecule has 0 aromatic rings. The highest BCUT2D eigenvalue weighted by Gasteiger charge is 2.22. The SMILES string of the molecule is CCC(O)(C=CC(O)(CC)CC)CC. The highest BCUT2D eigenvalue weighted by molar-refractivity contribution is 5.07. The zero-order valence-electron chi connectivity index (χ0n) is 9.88. The van der Waals surface area contributed by atoms with Gasteiger partial charge in [-0.25, -0.2) is 0 Å². The molecular weight excluding hydrogens is 176 g/mol. The molecule has 0 saturated heterocycles. The number of hydrogen-bond acceptors (Lipinski definition) is 2. The number of rotatable bonds is 6. The third-order valence-electron chi connectivity index (χ3n) is 3.15. The first-order valence-corrected chi connectivity index (χ1v) is 5.60. The van der Waals surface area contributed by atoms with Crippen molar-refractivity contribution in [3.05, 3.63) is 12.2 Å². The van der Waals surface area contributed by atoms with Gasteiger partial charge in [-0.3, -0.25) is 0 Å². The van der Waals surface area contributed by atoms with Gasteiger partial charge in [0.15, 0.2) is 0 Å². The van der Waals surface area contributed by atoms with Gasteiger partial charge in [0.25, 0.3) is 0 Å². The normalized spacial score (nSPS) is 13.9. The van der Waals surface area contributed by atoms with Crippen molar-refractivity contribution in [1.82, 2.24) is 0 Å². The van der Waals surface area contributed by atoms with E-state index in [1.807, 2.05) is 27.7 Å². The maximum Gasteiger partial charge on any atom is 0.0823 e. The van der Waals surface area contributed by atoms with Gasteiger partial charge >= 0.3 is 0 Å². The Morgan fingerprint density at radius 2 is 0.929 bits per heavy atom. The van der Waals surface area contributed by atoms with Crippen LogP contribution >= 0.6 is 0 Å². The van der Waals surface area contributed by atoms with Gasteiger partial charge in [-0.2, -0.15) is 0 Å². The Labute approximate surface area is 87.7 Å². The maximum absolute atomic E-state index is 9.99. The van der Waals surface area contributed by atoms with Crippen molar-refractivity contribution < 1.29 is 10.2 Å². The molecule has 0 radical (unpaired) electrons. The van der Waals surface area contributed by atoms with Crippen molar-refractivity contribution in [3.8, 4) is 0 Å². The van der Waals surface area contributed by atoms with Gasteiger partial charge in [0.1, 0.15) is 0 Å². The fourth-order valence-electron chi connectivity index (χ4n) is 1.28. The quantitative estimate of drug-likeness (QED) is 0.647. The summed E-state index contributed by atoms with van der Waals surface area (Å²) in [7, 11) is 0. The van der Waals surface area contributed by atoms with E-state index in [2.05, 4.69) is 0 Å². The zero-order valence-corrected chi connectivity index (χ0v) is 9.88. The molecule has 0 aromatic heterocycles. The fourth-order valence-corrected chi connectivity index (χ4v) is 1.28.